The van der Waals surface area contributed by atoms with Gasteiger partial charge in [-0.1, -0.05) is 12.1 Å². The number of benzene rings is 1. The topological polar surface area (TPSA) is 76.9 Å². The summed E-state index contributed by atoms with van der Waals surface area (Å²) in [5, 5.41) is 19.4. The van der Waals surface area contributed by atoms with Crippen molar-refractivity contribution in [3.8, 4) is 11.5 Å². The van der Waals surface area contributed by atoms with Gasteiger partial charge in [-0.3, -0.25) is 14.7 Å². The first kappa shape index (κ1) is 16.3. The summed E-state index contributed by atoms with van der Waals surface area (Å²) in [6.07, 6.45) is 3.63. The number of amides is 1. The summed E-state index contributed by atoms with van der Waals surface area (Å²) >= 11 is 0. The number of phenols is 2. The fraction of sp³-hybridized carbons (Fsp3) is 0.333. The summed E-state index contributed by atoms with van der Waals surface area (Å²) in [6.45, 7) is 4.80. The Morgan fingerprint density at radius 1 is 1.12 bits per heavy atom. The van der Waals surface area contributed by atoms with Gasteiger partial charge in [-0.25, -0.2) is 0 Å². The molecule has 1 fully saturated rings. The molecule has 0 spiro atoms. The van der Waals surface area contributed by atoms with Gasteiger partial charge in [0, 0.05) is 44.6 Å². The van der Waals surface area contributed by atoms with Crippen molar-refractivity contribution >= 4 is 5.91 Å². The van der Waals surface area contributed by atoms with E-state index in [-0.39, 0.29) is 29.0 Å². The number of para-hydroxylation sites is 1. The molecular formula is C18H21N3O3. The molecule has 126 valence electrons. The van der Waals surface area contributed by atoms with E-state index in [1.165, 1.54) is 12.1 Å². The Hall–Kier alpha value is -2.60. The summed E-state index contributed by atoms with van der Waals surface area (Å²) in [6, 6.07) is 8.67. The maximum atomic E-state index is 12.5. The van der Waals surface area contributed by atoms with Gasteiger partial charge in [0.25, 0.3) is 5.91 Å². The minimum atomic E-state index is -0.353. The van der Waals surface area contributed by atoms with Crippen LogP contribution in [0, 0.1) is 0 Å². The normalized spacial score (nSPS) is 16.8. The molecule has 1 amide bonds. The van der Waals surface area contributed by atoms with Crippen molar-refractivity contribution < 1.29 is 15.0 Å². The Morgan fingerprint density at radius 2 is 1.88 bits per heavy atom. The van der Waals surface area contributed by atoms with Gasteiger partial charge < -0.3 is 15.1 Å². The molecule has 1 aromatic heterocycles. The highest BCUT2D eigenvalue weighted by molar-refractivity contribution is 5.97. The van der Waals surface area contributed by atoms with Crippen molar-refractivity contribution in [1.82, 2.24) is 14.8 Å². The van der Waals surface area contributed by atoms with Crippen LogP contribution in [-0.2, 0) is 0 Å². The first-order valence-corrected chi connectivity index (χ1v) is 8.02. The lowest BCUT2D eigenvalue weighted by molar-refractivity contribution is 0.0578. The quantitative estimate of drug-likeness (QED) is 0.843. The predicted molar refractivity (Wildman–Crippen MR) is 89.9 cm³/mol. The monoisotopic (exact) mass is 327 g/mol. The van der Waals surface area contributed by atoms with Crippen molar-refractivity contribution in [1.29, 1.82) is 0 Å². The molecular weight excluding hydrogens is 306 g/mol. The standard InChI is InChI=1S/C18H21N3O3/c1-13(14-4-3-7-19-12-14)20-8-10-21(11-9-20)18(24)15-5-2-6-16(22)17(15)23/h2-7,12-13,22-23H,8-11H2,1H3. The van der Waals surface area contributed by atoms with Crippen LogP contribution < -0.4 is 0 Å². The maximum Gasteiger partial charge on any atom is 0.257 e. The van der Waals surface area contributed by atoms with Crippen molar-refractivity contribution in [2.24, 2.45) is 0 Å². The number of aromatic hydroxyl groups is 2. The van der Waals surface area contributed by atoms with Crippen LogP contribution in [-0.4, -0.2) is 57.1 Å². The van der Waals surface area contributed by atoms with E-state index in [0.717, 1.165) is 18.7 Å². The third-order valence-corrected chi connectivity index (χ3v) is 4.56. The zero-order valence-electron chi connectivity index (χ0n) is 13.6. The second-order valence-electron chi connectivity index (χ2n) is 5.96. The number of aromatic nitrogens is 1. The smallest absolute Gasteiger partial charge is 0.257 e. The van der Waals surface area contributed by atoms with Gasteiger partial charge in [0.05, 0.1) is 5.56 Å². The molecule has 3 rings (SSSR count). The van der Waals surface area contributed by atoms with Gasteiger partial charge in [0.1, 0.15) is 0 Å². The number of piperazine rings is 1. The average molecular weight is 327 g/mol. The highest BCUT2D eigenvalue weighted by Crippen LogP contribution is 2.29. The molecule has 24 heavy (non-hydrogen) atoms. The van der Waals surface area contributed by atoms with Gasteiger partial charge in [-0.05, 0) is 30.7 Å². The van der Waals surface area contributed by atoms with E-state index >= 15 is 0 Å². The van der Waals surface area contributed by atoms with Crippen molar-refractivity contribution in [3.63, 3.8) is 0 Å². The maximum absolute atomic E-state index is 12.5. The highest BCUT2D eigenvalue weighted by Gasteiger charge is 2.27. The van der Waals surface area contributed by atoms with Crippen molar-refractivity contribution in [2.75, 3.05) is 26.2 Å². The fourth-order valence-corrected chi connectivity index (χ4v) is 3.02. The van der Waals surface area contributed by atoms with Gasteiger partial charge in [-0.2, -0.15) is 0 Å². The molecule has 1 unspecified atom stereocenters. The van der Waals surface area contributed by atoms with Gasteiger partial charge in [0.15, 0.2) is 11.5 Å². The molecule has 2 N–H and O–H groups in total. The Labute approximate surface area is 141 Å². The number of phenolic OH excluding ortho intramolecular Hbond substituents is 2. The van der Waals surface area contributed by atoms with Crippen LogP contribution in [0.15, 0.2) is 42.7 Å². The third-order valence-electron chi connectivity index (χ3n) is 4.56. The minimum Gasteiger partial charge on any atom is -0.504 e. The second kappa shape index (κ2) is 6.88. The van der Waals surface area contributed by atoms with Crippen LogP contribution in [0.3, 0.4) is 0 Å². The molecule has 6 nitrogen and oxygen atoms in total. The molecule has 1 aliphatic heterocycles. The van der Waals surface area contributed by atoms with Crippen LogP contribution in [0.5, 0.6) is 11.5 Å². The number of carbonyl (C=O) groups is 1. The molecule has 6 heteroatoms. The SMILES string of the molecule is CC(c1cccnc1)N1CCN(C(=O)c2cccc(O)c2O)CC1. The van der Waals surface area contributed by atoms with Crippen LogP contribution in [0.25, 0.3) is 0 Å². The van der Waals surface area contributed by atoms with Gasteiger partial charge in [0.2, 0.25) is 0 Å². The lowest BCUT2D eigenvalue weighted by Gasteiger charge is -2.38. The lowest BCUT2D eigenvalue weighted by Crippen LogP contribution is -2.49. The summed E-state index contributed by atoms with van der Waals surface area (Å²) < 4.78 is 0. The summed E-state index contributed by atoms with van der Waals surface area (Å²) in [4.78, 5) is 20.7. The van der Waals surface area contributed by atoms with E-state index in [0.29, 0.717) is 13.1 Å². The minimum absolute atomic E-state index is 0.142. The van der Waals surface area contributed by atoms with E-state index in [1.54, 1.807) is 17.2 Å². The summed E-state index contributed by atoms with van der Waals surface area (Å²) in [5.41, 5.74) is 1.30. The summed E-state index contributed by atoms with van der Waals surface area (Å²) in [7, 11) is 0. The van der Waals surface area contributed by atoms with E-state index in [9.17, 15) is 15.0 Å². The Balaban J connectivity index is 1.65. The molecule has 1 saturated heterocycles. The second-order valence-corrected chi connectivity index (χ2v) is 5.96. The van der Waals surface area contributed by atoms with Gasteiger partial charge >= 0.3 is 0 Å². The van der Waals surface area contributed by atoms with Crippen LogP contribution in [0.2, 0.25) is 0 Å². The number of rotatable bonds is 3. The molecule has 0 radical (unpaired) electrons. The van der Waals surface area contributed by atoms with Crippen LogP contribution in [0.4, 0.5) is 0 Å². The number of carbonyl (C=O) groups excluding carboxylic acids is 1. The third kappa shape index (κ3) is 3.19. The fourth-order valence-electron chi connectivity index (χ4n) is 3.02. The number of pyridine rings is 1. The molecule has 1 aromatic carbocycles. The highest BCUT2D eigenvalue weighted by atomic mass is 16.3. The zero-order chi connectivity index (χ0) is 17.1. The molecule has 0 bridgehead atoms. The molecule has 2 aromatic rings. The lowest BCUT2D eigenvalue weighted by atomic mass is 10.1. The number of hydrogen-bond donors (Lipinski definition) is 2. The van der Waals surface area contributed by atoms with Crippen molar-refractivity contribution in [2.45, 2.75) is 13.0 Å². The largest absolute Gasteiger partial charge is 0.504 e. The predicted octanol–water partition coefficient (Wildman–Crippen LogP) is 2.01. The summed E-state index contributed by atoms with van der Waals surface area (Å²) in [5.74, 6) is -0.879. The van der Waals surface area contributed by atoms with E-state index in [2.05, 4.69) is 22.9 Å². The van der Waals surface area contributed by atoms with E-state index in [4.69, 9.17) is 0 Å². The molecule has 0 saturated carbocycles. The van der Waals surface area contributed by atoms with E-state index in [1.807, 2.05) is 12.3 Å². The van der Waals surface area contributed by atoms with Crippen molar-refractivity contribution in [3.05, 3.63) is 53.9 Å². The van der Waals surface area contributed by atoms with E-state index < -0.39 is 0 Å². The average Bonchev–Trinajstić information content (AvgIpc) is 2.64. The molecule has 1 aliphatic rings. The number of nitrogens with zero attached hydrogens (tertiary/aromatic N) is 3. The number of hydrogen-bond acceptors (Lipinski definition) is 5. The Morgan fingerprint density at radius 3 is 2.54 bits per heavy atom. The Kier molecular flexibility index (Phi) is 4.66. The van der Waals surface area contributed by atoms with Crippen LogP contribution in [0.1, 0.15) is 28.9 Å². The molecule has 0 aliphatic carbocycles. The molecule has 1 atom stereocenters. The van der Waals surface area contributed by atoms with Gasteiger partial charge in [-0.15, -0.1) is 0 Å². The Bertz CT molecular complexity index is 713. The first-order chi connectivity index (χ1) is 11.6. The molecule has 2 heterocycles. The first-order valence-electron chi connectivity index (χ1n) is 8.02. The van der Waals surface area contributed by atoms with Crippen LogP contribution >= 0.6 is 0 Å². The zero-order valence-corrected chi connectivity index (χ0v) is 13.6.